The minimum atomic E-state index is -4.54. The molecule has 0 aromatic heterocycles. The van der Waals surface area contributed by atoms with Gasteiger partial charge in [0.25, 0.3) is 5.91 Å². The molecule has 8 heteroatoms. The van der Waals surface area contributed by atoms with Crippen LogP contribution in [-0.2, 0) is 10.9 Å². The molecule has 0 heterocycles. The zero-order chi connectivity index (χ0) is 17.9. The van der Waals surface area contributed by atoms with E-state index in [-0.39, 0.29) is 21.3 Å². The fraction of sp³-hybridized carbons (Fsp3) is 0.125. The van der Waals surface area contributed by atoms with Gasteiger partial charge in [-0.2, -0.15) is 13.2 Å². The van der Waals surface area contributed by atoms with E-state index >= 15 is 0 Å². The molecule has 0 aliphatic carbocycles. The Labute approximate surface area is 143 Å². The number of methoxy groups -OCH3 is 1. The monoisotopic (exact) mass is 401 g/mol. The Hall–Kier alpha value is -2.35. The fourth-order valence-corrected chi connectivity index (χ4v) is 2.37. The van der Waals surface area contributed by atoms with Gasteiger partial charge in [-0.1, -0.05) is 15.9 Å². The van der Waals surface area contributed by atoms with Gasteiger partial charge in [0.05, 0.1) is 18.2 Å². The predicted molar refractivity (Wildman–Crippen MR) is 84.9 cm³/mol. The van der Waals surface area contributed by atoms with E-state index in [0.717, 1.165) is 6.07 Å². The number of carbonyl (C=O) groups excluding carboxylic acids is 2. The van der Waals surface area contributed by atoms with E-state index in [4.69, 9.17) is 0 Å². The number of rotatable bonds is 3. The summed E-state index contributed by atoms with van der Waals surface area (Å²) in [5, 5.41) is 2.38. The number of esters is 1. The summed E-state index contributed by atoms with van der Waals surface area (Å²) in [6, 6.07) is 8.94. The van der Waals surface area contributed by atoms with Gasteiger partial charge < -0.3 is 10.1 Å². The lowest BCUT2D eigenvalue weighted by Crippen LogP contribution is -2.14. The second kappa shape index (κ2) is 7.04. The van der Waals surface area contributed by atoms with Crippen LogP contribution in [0, 0.1) is 0 Å². The predicted octanol–water partition coefficient (Wildman–Crippen LogP) is 4.51. The number of halogens is 4. The molecule has 2 rings (SSSR count). The van der Waals surface area contributed by atoms with E-state index < -0.39 is 23.6 Å². The fourth-order valence-electron chi connectivity index (χ4n) is 1.90. The van der Waals surface area contributed by atoms with Gasteiger partial charge in [0, 0.05) is 15.7 Å². The molecule has 0 saturated carbocycles. The number of ether oxygens (including phenoxy) is 1. The molecule has 126 valence electrons. The third-order valence-corrected chi connectivity index (χ3v) is 3.79. The van der Waals surface area contributed by atoms with Crippen molar-refractivity contribution in [1.82, 2.24) is 0 Å². The van der Waals surface area contributed by atoms with Crippen molar-refractivity contribution in [2.75, 3.05) is 12.4 Å². The summed E-state index contributed by atoms with van der Waals surface area (Å²) < 4.78 is 43.0. The summed E-state index contributed by atoms with van der Waals surface area (Å²) in [5.74, 6) is -1.15. The molecule has 0 unspecified atom stereocenters. The van der Waals surface area contributed by atoms with Crippen LogP contribution in [0.4, 0.5) is 18.9 Å². The van der Waals surface area contributed by atoms with Crippen LogP contribution in [0.5, 0.6) is 0 Å². The van der Waals surface area contributed by atoms with Crippen LogP contribution in [-0.4, -0.2) is 19.0 Å². The van der Waals surface area contributed by atoms with Gasteiger partial charge in [0.1, 0.15) is 0 Å². The largest absolute Gasteiger partial charge is 0.465 e. The lowest BCUT2D eigenvalue weighted by molar-refractivity contribution is -0.138. The van der Waals surface area contributed by atoms with Crippen LogP contribution in [0.1, 0.15) is 26.3 Å². The lowest BCUT2D eigenvalue weighted by atomic mass is 10.1. The molecule has 2 aromatic rings. The normalized spacial score (nSPS) is 11.0. The summed E-state index contributed by atoms with van der Waals surface area (Å²) in [7, 11) is 1.23. The summed E-state index contributed by atoms with van der Waals surface area (Å²) in [6.07, 6.45) is -4.54. The van der Waals surface area contributed by atoms with E-state index in [1.807, 2.05) is 0 Å². The number of benzene rings is 2. The van der Waals surface area contributed by atoms with Crippen LogP contribution >= 0.6 is 15.9 Å². The molecule has 4 nitrogen and oxygen atoms in total. The molecular weight excluding hydrogens is 391 g/mol. The van der Waals surface area contributed by atoms with Crippen LogP contribution in [0.3, 0.4) is 0 Å². The average Bonchev–Trinajstić information content (AvgIpc) is 2.55. The van der Waals surface area contributed by atoms with E-state index in [2.05, 4.69) is 26.0 Å². The standard InChI is InChI=1S/C16H11BrF3NO3/c1-24-15(23)10-4-2-9(3-5-10)14(22)21-11-6-7-13(17)12(8-11)16(18,19)20/h2-8H,1H3,(H,21,22). The SMILES string of the molecule is COC(=O)c1ccc(C(=O)Nc2ccc(Br)c(C(F)(F)F)c2)cc1. The summed E-state index contributed by atoms with van der Waals surface area (Å²) in [4.78, 5) is 23.4. The van der Waals surface area contributed by atoms with Crippen molar-refractivity contribution >= 4 is 33.5 Å². The second-order valence-electron chi connectivity index (χ2n) is 4.72. The van der Waals surface area contributed by atoms with Gasteiger partial charge in [-0.15, -0.1) is 0 Å². The van der Waals surface area contributed by atoms with Crippen molar-refractivity contribution in [2.45, 2.75) is 6.18 Å². The molecule has 0 spiro atoms. The second-order valence-corrected chi connectivity index (χ2v) is 5.57. The first-order valence-corrected chi connectivity index (χ1v) is 7.38. The van der Waals surface area contributed by atoms with Crippen LogP contribution in [0.25, 0.3) is 0 Å². The van der Waals surface area contributed by atoms with E-state index in [9.17, 15) is 22.8 Å². The number of amides is 1. The zero-order valence-electron chi connectivity index (χ0n) is 12.3. The third-order valence-electron chi connectivity index (χ3n) is 3.10. The van der Waals surface area contributed by atoms with Crippen molar-refractivity contribution in [3.8, 4) is 0 Å². The van der Waals surface area contributed by atoms with E-state index in [1.54, 1.807) is 0 Å². The first kappa shape index (κ1) is 18.0. The van der Waals surface area contributed by atoms with Crippen molar-refractivity contribution in [3.05, 3.63) is 63.6 Å². The smallest absolute Gasteiger partial charge is 0.417 e. The lowest BCUT2D eigenvalue weighted by Gasteiger charge is -2.12. The van der Waals surface area contributed by atoms with Crippen LogP contribution in [0.15, 0.2) is 46.9 Å². The van der Waals surface area contributed by atoms with Crippen molar-refractivity contribution in [3.63, 3.8) is 0 Å². The Morgan fingerprint density at radius 3 is 2.17 bits per heavy atom. The molecule has 0 atom stereocenters. The van der Waals surface area contributed by atoms with Gasteiger partial charge in [-0.05, 0) is 42.5 Å². The Balaban J connectivity index is 2.19. The molecule has 2 aromatic carbocycles. The maximum atomic E-state index is 12.9. The molecule has 0 radical (unpaired) electrons. The molecule has 24 heavy (non-hydrogen) atoms. The molecule has 0 aliphatic rings. The number of hydrogen-bond acceptors (Lipinski definition) is 3. The van der Waals surface area contributed by atoms with Gasteiger partial charge in [0.15, 0.2) is 0 Å². The Kier molecular flexibility index (Phi) is 5.28. The first-order chi connectivity index (χ1) is 11.2. The van der Waals surface area contributed by atoms with E-state index in [0.29, 0.717) is 0 Å². The Morgan fingerprint density at radius 2 is 1.62 bits per heavy atom. The minimum Gasteiger partial charge on any atom is -0.465 e. The van der Waals surface area contributed by atoms with Gasteiger partial charge in [-0.25, -0.2) is 4.79 Å². The molecular formula is C16H11BrF3NO3. The van der Waals surface area contributed by atoms with Crippen LogP contribution in [0.2, 0.25) is 0 Å². The number of alkyl halides is 3. The highest BCUT2D eigenvalue weighted by Gasteiger charge is 2.33. The summed E-state index contributed by atoms with van der Waals surface area (Å²) in [5.41, 5.74) is -0.426. The zero-order valence-corrected chi connectivity index (χ0v) is 13.9. The quantitative estimate of drug-likeness (QED) is 0.769. The maximum Gasteiger partial charge on any atom is 0.417 e. The number of hydrogen-bond donors (Lipinski definition) is 1. The highest BCUT2D eigenvalue weighted by molar-refractivity contribution is 9.10. The van der Waals surface area contributed by atoms with Crippen molar-refractivity contribution in [2.24, 2.45) is 0 Å². The van der Waals surface area contributed by atoms with Gasteiger partial charge in [-0.3, -0.25) is 4.79 Å². The summed E-state index contributed by atoms with van der Waals surface area (Å²) in [6.45, 7) is 0. The first-order valence-electron chi connectivity index (χ1n) is 6.59. The van der Waals surface area contributed by atoms with Crippen LogP contribution < -0.4 is 5.32 Å². The number of nitrogens with one attached hydrogen (secondary N) is 1. The molecule has 1 N–H and O–H groups in total. The molecule has 1 amide bonds. The Morgan fingerprint density at radius 1 is 1.04 bits per heavy atom. The number of carbonyl (C=O) groups is 2. The molecule has 0 bridgehead atoms. The molecule has 0 saturated heterocycles. The van der Waals surface area contributed by atoms with Gasteiger partial charge in [0.2, 0.25) is 0 Å². The highest BCUT2D eigenvalue weighted by atomic mass is 79.9. The van der Waals surface area contributed by atoms with Crippen molar-refractivity contribution in [1.29, 1.82) is 0 Å². The summed E-state index contributed by atoms with van der Waals surface area (Å²) >= 11 is 2.83. The van der Waals surface area contributed by atoms with E-state index in [1.165, 1.54) is 43.5 Å². The number of anilines is 1. The average molecular weight is 402 g/mol. The minimum absolute atomic E-state index is 0.00701. The molecule has 0 fully saturated rings. The molecule has 0 aliphatic heterocycles. The maximum absolute atomic E-state index is 12.9. The highest BCUT2D eigenvalue weighted by Crippen LogP contribution is 2.36. The van der Waals surface area contributed by atoms with Crippen molar-refractivity contribution < 1.29 is 27.5 Å². The Bertz CT molecular complexity index is 773. The van der Waals surface area contributed by atoms with Gasteiger partial charge >= 0.3 is 12.1 Å². The third kappa shape index (κ3) is 4.14. The topological polar surface area (TPSA) is 55.4 Å².